The Balaban J connectivity index is 1.49. The highest BCUT2D eigenvalue weighted by molar-refractivity contribution is 7.10. The van der Waals surface area contributed by atoms with Crippen LogP contribution in [0.2, 0.25) is 0 Å². The molecule has 2 aliphatic heterocycles. The predicted molar refractivity (Wildman–Crippen MR) is 92.0 cm³/mol. The first kappa shape index (κ1) is 16.0. The van der Waals surface area contributed by atoms with E-state index in [0.29, 0.717) is 11.8 Å². The Morgan fingerprint density at radius 2 is 2.05 bits per heavy atom. The van der Waals surface area contributed by atoms with E-state index in [2.05, 4.69) is 35.1 Å². The molecule has 1 amide bonds. The first-order valence-electron chi connectivity index (χ1n) is 8.67. The molecule has 0 unspecified atom stereocenters. The minimum absolute atomic E-state index is 0.269. The lowest BCUT2D eigenvalue weighted by Crippen LogP contribution is -2.45. The van der Waals surface area contributed by atoms with Crippen LogP contribution in [0, 0.1) is 18.8 Å². The van der Waals surface area contributed by atoms with E-state index in [4.69, 9.17) is 0 Å². The number of piperidine rings is 2. The number of carbonyl (C=O) groups is 1. The minimum Gasteiger partial charge on any atom is -0.342 e. The second-order valence-corrected chi connectivity index (χ2v) is 8.11. The van der Waals surface area contributed by atoms with Crippen molar-refractivity contribution in [3.05, 3.63) is 21.9 Å². The number of rotatable bonds is 3. The zero-order valence-corrected chi connectivity index (χ0v) is 14.7. The molecule has 0 N–H and O–H groups in total. The molecule has 1 atom stereocenters. The molecule has 22 heavy (non-hydrogen) atoms. The number of aryl methyl sites for hydroxylation is 1. The molecule has 0 aromatic carbocycles. The Kier molecular flexibility index (Phi) is 5.19. The van der Waals surface area contributed by atoms with Crippen molar-refractivity contribution in [2.75, 3.05) is 26.2 Å². The standard InChI is InChI=1S/C18H28N2OS/c1-14-4-3-8-20(12-14)18(21)16-5-9-19(10-6-16)13-17-15(2)7-11-22-17/h7,11,14,16H,3-6,8-10,12-13H2,1-2H3/t14-/m1/s1. The van der Waals surface area contributed by atoms with Crippen LogP contribution in [0.25, 0.3) is 0 Å². The van der Waals surface area contributed by atoms with Gasteiger partial charge < -0.3 is 4.90 Å². The summed E-state index contributed by atoms with van der Waals surface area (Å²) in [5.41, 5.74) is 1.41. The summed E-state index contributed by atoms with van der Waals surface area (Å²) in [6, 6.07) is 2.20. The van der Waals surface area contributed by atoms with Gasteiger partial charge in [0.05, 0.1) is 0 Å². The fourth-order valence-corrected chi connectivity index (χ4v) is 4.70. The first-order valence-corrected chi connectivity index (χ1v) is 9.55. The summed E-state index contributed by atoms with van der Waals surface area (Å²) in [5.74, 6) is 1.38. The molecule has 1 aromatic rings. The second kappa shape index (κ2) is 7.14. The number of hydrogen-bond donors (Lipinski definition) is 0. The molecule has 2 saturated heterocycles. The minimum atomic E-state index is 0.269. The quantitative estimate of drug-likeness (QED) is 0.850. The van der Waals surface area contributed by atoms with Crippen LogP contribution in [-0.4, -0.2) is 41.9 Å². The molecule has 122 valence electrons. The van der Waals surface area contributed by atoms with Crippen LogP contribution in [0.3, 0.4) is 0 Å². The van der Waals surface area contributed by atoms with Crippen molar-refractivity contribution in [2.45, 2.75) is 46.1 Å². The van der Waals surface area contributed by atoms with E-state index in [1.807, 2.05) is 11.3 Å². The molecule has 3 nitrogen and oxygen atoms in total. The molecular weight excluding hydrogens is 292 g/mol. The normalized spacial score (nSPS) is 24.6. The van der Waals surface area contributed by atoms with Gasteiger partial charge in [-0.1, -0.05) is 6.92 Å². The maximum absolute atomic E-state index is 12.7. The summed E-state index contributed by atoms with van der Waals surface area (Å²) in [5, 5.41) is 2.18. The van der Waals surface area contributed by atoms with Gasteiger partial charge in [-0.05, 0) is 68.6 Å². The van der Waals surface area contributed by atoms with E-state index in [1.54, 1.807) is 0 Å². The zero-order chi connectivity index (χ0) is 15.5. The van der Waals surface area contributed by atoms with Gasteiger partial charge in [0.15, 0.2) is 0 Å². The van der Waals surface area contributed by atoms with Crippen molar-refractivity contribution in [3.8, 4) is 0 Å². The van der Waals surface area contributed by atoms with Gasteiger partial charge >= 0.3 is 0 Å². The van der Waals surface area contributed by atoms with Gasteiger partial charge in [-0.15, -0.1) is 11.3 Å². The lowest BCUT2D eigenvalue weighted by Gasteiger charge is -2.37. The first-order chi connectivity index (χ1) is 10.6. The van der Waals surface area contributed by atoms with Crippen molar-refractivity contribution in [1.82, 2.24) is 9.80 Å². The van der Waals surface area contributed by atoms with Crippen LogP contribution in [0.4, 0.5) is 0 Å². The summed E-state index contributed by atoms with van der Waals surface area (Å²) >= 11 is 1.86. The monoisotopic (exact) mass is 320 g/mol. The number of amides is 1. The molecule has 2 fully saturated rings. The molecule has 1 aromatic heterocycles. The number of nitrogens with zero attached hydrogens (tertiary/aromatic N) is 2. The maximum Gasteiger partial charge on any atom is 0.225 e. The third-order valence-corrected chi connectivity index (χ3v) is 6.25. The van der Waals surface area contributed by atoms with Gasteiger partial charge in [-0.3, -0.25) is 9.69 Å². The Morgan fingerprint density at radius 1 is 1.27 bits per heavy atom. The van der Waals surface area contributed by atoms with E-state index in [-0.39, 0.29) is 5.92 Å². The smallest absolute Gasteiger partial charge is 0.225 e. The second-order valence-electron chi connectivity index (χ2n) is 7.11. The van der Waals surface area contributed by atoms with E-state index in [0.717, 1.165) is 45.6 Å². The Bertz CT molecular complexity index is 505. The summed E-state index contributed by atoms with van der Waals surface area (Å²) in [6.07, 6.45) is 4.54. The fourth-order valence-electron chi connectivity index (χ4n) is 3.75. The van der Waals surface area contributed by atoms with Gasteiger partial charge in [-0.2, -0.15) is 0 Å². The van der Waals surface area contributed by atoms with Crippen molar-refractivity contribution >= 4 is 17.2 Å². The van der Waals surface area contributed by atoms with Crippen LogP contribution in [0.1, 0.15) is 43.0 Å². The summed E-state index contributed by atoms with van der Waals surface area (Å²) in [7, 11) is 0. The predicted octanol–water partition coefficient (Wildman–Crippen LogP) is 3.53. The summed E-state index contributed by atoms with van der Waals surface area (Å²) < 4.78 is 0. The van der Waals surface area contributed by atoms with Gasteiger partial charge in [0.2, 0.25) is 5.91 Å². The Morgan fingerprint density at radius 3 is 2.68 bits per heavy atom. The highest BCUT2D eigenvalue weighted by Gasteiger charge is 2.30. The van der Waals surface area contributed by atoms with Crippen LogP contribution < -0.4 is 0 Å². The highest BCUT2D eigenvalue weighted by Crippen LogP contribution is 2.25. The third kappa shape index (κ3) is 3.72. The topological polar surface area (TPSA) is 23.6 Å². The van der Waals surface area contributed by atoms with E-state index in [1.165, 1.54) is 23.3 Å². The highest BCUT2D eigenvalue weighted by atomic mass is 32.1. The van der Waals surface area contributed by atoms with Crippen molar-refractivity contribution in [1.29, 1.82) is 0 Å². The summed E-state index contributed by atoms with van der Waals surface area (Å²) in [4.78, 5) is 18.8. The number of hydrogen-bond acceptors (Lipinski definition) is 3. The molecular formula is C18H28N2OS. The number of thiophene rings is 1. The van der Waals surface area contributed by atoms with Crippen molar-refractivity contribution in [3.63, 3.8) is 0 Å². The zero-order valence-electron chi connectivity index (χ0n) is 13.9. The largest absolute Gasteiger partial charge is 0.342 e. The molecule has 3 rings (SSSR count). The molecule has 2 aliphatic rings. The maximum atomic E-state index is 12.7. The van der Waals surface area contributed by atoms with E-state index in [9.17, 15) is 4.79 Å². The average Bonchev–Trinajstić information content (AvgIpc) is 2.92. The molecule has 0 saturated carbocycles. The molecule has 4 heteroatoms. The van der Waals surface area contributed by atoms with Crippen molar-refractivity contribution in [2.24, 2.45) is 11.8 Å². The molecule has 3 heterocycles. The van der Waals surface area contributed by atoms with Crippen LogP contribution in [-0.2, 0) is 11.3 Å². The molecule has 0 aliphatic carbocycles. The SMILES string of the molecule is Cc1ccsc1CN1CCC(C(=O)N2CCC[C@@H](C)C2)CC1. The van der Waals surface area contributed by atoms with Crippen LogP contribution in [0.15, 0.2) is 11.4 Å². The fraction of sp³-hybridized carbons (Fsp3) is 0.722. The molecule has 0 spiro atoms. The van der Waals surface area contributed by atoms with E-state index < -0.39 is 0 Å². The van der Waals surface area contributed by atoms with Gasteiger partial charge in [0, 0.05) is 30.4 Å². The van der Waals surface area contributed by atoms with E-state index >= 15 is 0 Å². The number of carbonyl (C=O) groups excluding carboxylic acids is 1. The third-order valence-electron chi connectivity index (χ3n) is 5.24. The molecule has 0 bridgehead atoms. The average molecular weight is 321 g/mol. The molecule has 0 radical (unpaired) electrons. The lowest BCUT2D eigenvalue weighted by atomic mass is 9.92. The Labute approximate surface area is 138 Å². The van der Waals surface area contributed by atoms with Gasteiger partial charge in [0.1, 0.15) is 0 Å². The van der Waals surface area contributed by atoms with Gasteiger partial charge in [0.25, 0.3) is 0 Å². The van der Waals surface area contributed by atoms with Crippen molar-refractivity contribution < 1.29 is 4.79 Å². The Hall–Kier alpha value is -0.870. The number of likely N-dealkylation sites (tertiary alicyclic amines) is 2. The van der Waals surface area contributed by atoms with Crippen LogP contribution >= 0.6 is 11.3 Å². The van der Waals surface area contributed by atoms with Crippen LogP contribution in [0.5, 0.6) is 0 Å². The van der Waals surface area contributed by atoms with Gasteiger partial charge in [-0.25, -0.2) is 0 Å². The summed E-state index contributed by atoms with van der Waals surface area (Å²) in [6.45, 7) is 9.62. The lowest BCUT2D eigenvalue weighted by molar-refractivity contribution is -0.138.